The summed E-state index contributed by atoms with van der Waals surface area (Å²) in [7, 11) is 0. The van der Waals surface area contributed by atoms with Crippen molar-refractivity contribution in [1.29, 1.82) is 0 Å². The Bertz CT molecular complexity index is 281. The zero-order valence-electron chi connectivity index (χ0n) is 7.24. The van der Waals surface area contributed by atoms with Crippen molar-refractivity contribution >= 4 is 15.9 Å². The van der Waals surface area contributed by atoms with Crippen LogP contribution in [0.3, 0.4) is 0 Å². The van der Waals surface area contributed by atoms with Gasteiger partial charge < -0.3 is 5.32 Å². The Balaban J connectivity index is 2.35. The SMILES string of the molecule is FC(F)(F)CNCc1ccc(Br)cc1. The third-order valence-electron chi connectivity index (χ3n) is 1.57. The number of hydrogen-bond acceptors (Lipinski definition) is 1. The second-order valence-corrected chi connectivity index (χ2v) is 3.76. The smallest absolute Gasteiger partial charge is 0.305 e. The van der Waals surface area contributed by atoms with Crippen LogP contribution in [-0.4, -0.2) is 12.7 Å². The molecule has 0 amide bonds. The molecule has 0 unspecified atom stereocenters. The molecule has 78 valence electrons. The van der Waals surface area contributed by atoms with E-state index < -0.39 is 12.7 Å². The molecule has 14 heavy (non-hydrogen) atoms. The molecule has 0 saturated heterocycles. The van der Waals surface area contributed by atoms with Crippen molar-refractivity contribution in [3.8, 4) is 0 Å². The first-order chi connectivity index (χ1) is 6.47. The molecule has 0 atom stereocenters. The molecule has 1 aromatic rings. The van der Waals surface area contributed by atoms with Gasteiger partial charge in [-0.3, -0.25) is 0 Å². The Labute approximate surface area is 88.4 Å². The molecule has 1 aromatic carbocycles. The minimum absolute atomic E-state index is 0.229. The fourth-order valence-electron chi connectivity index (χ4n) is 0.951. The summed E-state index contributed by atoms with van der Waals surface area (Å²) < 4.78 is 36.2. The lowest BCUT2D eigenvalue weighted by atomic mass is 10.2. The highest BCUT2D eigenvalue weighted by atomic mass is 79.9. The second kappa shape index (κ2) is 4.79. The van der Waals surface area contributed by atoms with Crippen LogP contribution in [0.5, 0.6) is 0 Å². The summed E-state index contributed by atoms with van der Waals surface area (Å²) in [5.41, 5.74) is 0.831. The molecule has 1 nitrogen and oxygen atoms in total. The van der Waals surface area contributed by atoms with Crippen molar-refractivity contribution in [2.24, 2.45) is 0 Å². The second-order valence-electron chi connectivity index (χ2n) is 2.85. The Morgan fingerprint density at radius 2 is 1.71 bits per heavy atom. The van der Waals surface area contributed by atoms with Gasteiger partial charge in [-0.15, -0.1) is 0 Å². The van der Waals surface area contributed by atoms with Crippen molar-refractivity contribution in [3.63, 3.8) is 0 Å². The van der Waals surface area contributed by atoms with E-state index >= 15 is 0 Å². The molecule has 0 aliphatic carbocycles. The van der Waals surface area contributed by atoms with Gasteiger partial charge in [0.15, 0.2) is 0 Å². The zero-order valence-corrected chi connectivity index (χ0v) is 8.82. The molecule has 0 aromatic heterocycles. The maximum atomic E-state index is 11.8. The van der Waals surface area contributed by atoms with Gasteiger partial charge in [-0.1, -0.05) is 28.1 Å². The molecular weight excluding hydrogens is 259 g/mol. The third-order valence-corrected chi connectivity index (χ3v) is 2.10. The highest BCUT2D eigenvalue weighted by Crippen LogP contribution is 2.13. The van der Waals surface area contributed by atoms with E-state index in [0.29, 0.717) is 0 Å². The fourth-order valence-corrected chi connectivity index (χ4v) is 1.22. The molecule has 1 rings (SSSR count). The number of benzene rings is 1. The van der Waals surface area contributed by atoms with Crippen LogP contribution in [0, 0.1) is 0 Å². The molecule has 5 heteroatoms. The van der Waals surface area contributed by atoms with E-state index in [1.165, 1.54) is 0 Å². The van der Waals surface area contributed by atoms with Gasteiger partial charge in [0.2, 0.25) is 0 Å². The number of halogens is 4. The standard InChI is InChI=1S/C9H9BrF3N/c10-8-3-1-7(2-4-8)5-14-6-9(11,12)13/h1-4,14H,5-6H2. The molecule has 0 bridgehead atoms. The average Bonchev–Trinajstić information content (AvgIpc) is 2.06. The normalized spacial score (nSPS) is 11.7. The maximum absolute atomic E-state index is 11.8. The van der Waals surface area contributed by atoms with Gasteiger partial charge in [0.25, 0.3) is 0 Å². The topological polar surface area (TPSA) is 12.0 Å². The largest absolute Gasteiger partial charge is 0.401 e. The van der Waals surface area contributed by atoms with E-state index in [2.05, 4.69) is 21.2 Å². The monoisotopic (exact) mass is 267 g/mol. The quantitative estimate of drug-likeness (QED) is 0.888. The predicted molar refractivity (Wildman–Crippen MR) is 51.9 cm³/mol. The van der Waals surface area contributed by atoms with E-state index in [0.717, 1.165) is 10.0 Å². The van der Waals surface area contributed by atoms with Crippen molar-refractivity contribution in [2.45, 2.75) is 12.7 Å². The van der Waals surface area contributed by atoms with Crippen LogP contribution < -0.4 is 5.32 Å². The van der Waals surface area contributed by atoms with E-state index in [1.54, 1.807) is 24.3 Å². The van der Waals surface area contributed by atoms with E-state index in [-0.39, 0.29) is 6.54 Å². The predicted octanol–water partition coefficient (Wildman–Crippen LogP) is 3.10. The summed E-state index contributed by atoms with van der Waals surface area (Å²) in [6, 6.07) is 7.14. The Hall–Kier alpha value is -0.550. The molecule has 0 heterocycles. The van der Waals surface area contributed by atoms with Crippen molar-refractivity contribution < 1.29 is 13.2 Å². The molecule has 0 saturated carbocycles. The Kier molecular flexibility index (Phi) is 3.95. The lowest BCUT2D eigenvalue weighted by Crippen LogP contribution is -2.28. The van der Waals surface area contributed by atoms with Gasteiger partial charge in [0, 0.05) is 11.0 Å². The van der Waals surface area contributed by atoms with Crippen LogP contribution in [0.1, 0.15) is 5.56 Å². The van der Waals surface area contributed by atoms with Gasteiger partial charge in [0.05, 0.1) is 6.54 Å². The minimum Gasteiger partial charge on any atom is -0.305 e. The van der Waals surface area contributed by atoms with E-state index in [9.17, 15) is 13.2 Å². The molecular formula is C9H9BrF3N. The average molecular weight is 268 g/mol. The number of hydrogen-bond donors (Lipinski definition) is 1. The fraction of sp³-hybridized carbons (Fsp3) is 0.333. The van der Waals surface area contributed by atoms with Crippen LogP contribution in [0.25, 0.3) is 0 Å². The maximum Gasteiger partial charge on any atom is 0.401 e. The minimum atomic E-state index is -4.14. The van der Waals surface area contributed by atoms with Gasteiger partial charge in [0.1, 0.15) is 0 Å². The first kappa shape index (κ1) is 11.5. The van der Waals surface area contributed by atoms with Gasteiger partial charge in [-0.25, -0.2) is 0 Å². The molecule has 0 radical (unpaired) electrons. The number of rotatable bonds is 3. The highest BCUT2D eigenvalue weighted by Gasteiger charge is 2.25. The van der Waals surface area contributed by atoms with Crippen molar-refractivity contribution in [2.75, 3.05) is 6.54 Å². The van der Waals surface area contributed by atoms with Crippen LogP contribution in [0.15, 0.2) is 28.7 Å². The summed E-state index contributed by atoms with van der Waals surface area (Å²) in [6.07, 6.45) is -4.14. The number of nitrogens with one attached hydrogen (secondary N) is 1. The Morgan fingerprint density at radius 1 is 1.14 bits per heavy atom. The van der Waals surface area contributed by atoms with Gasteiger partial charge in [-0.05, 0) is 17.7 Å². The van der Waals surface area contributed by atoms with Crippen molar-refractivity contribution in [3.05, 3.63) is 34.3 Å². The first-order valence-electron chi connectivity index (χ1n) is 3.99. The lowest BCUT2D eigenvalue weighted by molar-refractivity contribution is -0.125. The molecule has 0 spiro atoms. The summed E-state index contributed by atoms with van der Waals surface area (Å²) in [5, 5.41) is 2.32. The Morgan fingerprint density at radius 3 is 2.21 bits per heavy atom. The zero-order chi connectivity index (χ0) is 10.6. The number of alkyl halides is 3. The molecule has 0 aliphatic heterocycles. The van der Waals surface area contributed by atoms with E-state index in [4.69, 9.17) is 0 Å². The van der Waals surface area contributed by atoms with E-state index in [1.807, 2.05) is 0 Å². The third kappa shape index (κ3) is 4.62. The van der Waals surface area contributed by atoms with Crippen LogP contribution in [-0.2, 0) is 6.54 Å². The van der Waals surface area contributed by atoms with Crippen molar-refractivity contribution in [1.82, 2.24) is 5.32 Å². The summed E-state index contributed by atoms with van der Waals surface area (Å²) >= 11 is 3.24. The summed E-state index contributed by atoms with van der Waals surface area (Å²) in [6.45, 7) is -0.726. The van der Waals surface area contributed by atoms with Crippen LogP contribution in [0.2, 0.25) is 0 Å². The van der Waals surface area contributed by atoms with Gasteiger partial charge in [-0.2, -0.15) is 13.2 Å². The summed E-state index contributed by atoms with van der Waals surface area (Å²) in [5.74, 6) is 0. The van der Waals surface area contributed by atoms with Crippen LogP contribution in [0.4, 0.5) is 13.2 Å². The molecule has 1 N–H and O–H groups in total. The summed E-state index contributed by atoms with van der Waals surface area (Å²) in [4.78, 5) is 0. The highest BCUT2D eigenvalue weighted by molar-refractivity contribution is 9.10. The van der Waals surface area contributed by atoms with Crippen LogP contribution >= 0.6 is 15.9 Å². The lowest BCUT2D eigenvalue weighted by Gasteiger charge is -2.07. The van der Waals surface area contributed by atoms with Gasteiger partial charge >= 0.3 is 6.18 Å². The first-order valence-corrected chi connectivity index (χ1v) is 4.78. The molecule has 0 aliphatic rings. The molecule has 0 fully saturated rings.